The number of anilines is 1. The molecule has 0 radical (unpaired) electrons. The monoisotopic (exact) mass is 440 g/mol. The smallest absolute Gasteiger partial charge is 0.306 e. The predicted molar refractivity (Wildman–Crippen MR) is 124 cm³/mol. The molecule has 2 aromatic rings. The predicted octanol–water partition coefficient (Wildman–Crippen LogP) is 5.36. The van der Waals surface area contributed by atoms with Crippen LogP contribution in [0.2, 0.25) is 5.02 Å². The van der Waals surface area contributed by atoms with Crippen LogP contribution >= 0.6 is 11.6 Å². The number of benzene rings is 2. The Morgan fingerprint density at radius 2 is 1.94 bits per heavy atom. The molecule has 0 saturated heterocycles. The molecule has 4 rings (SSSR count). The first-order valence-corrected chi connectivity index (χ1v) is 11.4. The topological polar surface area (TPSA) is 51.1 Å². The van der Waals surface area contributed by atoms with Gasteiger partial charge in [0, 0.05) is 23.6 Å². The summed E-state index contributed by atoms with van der Waals surface area (Å²) in [4.78, 5) is 11.8. The summed E-state index contributed by atoms with van der Waals surface area (Å²) in [5.41, 5.74) is 6.03. The van der Waals surface area contributed by atoms with Crippen LogP contribution in [-0.4, -0.2) is 30.9 Å². The maximum absolute atomic E-state index is 11.8. The van der Waals surface area contributed by atoms with Gasteiger partial charge in [0.05, 0.1) is 18.3 Å². The lowest BCUT2D eigenvalue weighted by Crippen LogP contribution is -2.32. The third kappa shape index (κ3) is 5.04. The zero-order chi connectivity index (χ0) is 21.8. The van der Waals surface area contributed by atoms with Crippen LogP contribution < -0.4 is 9.75 Å². The van der Waals surface area contributed by atoms with Crippen LogP contribution in [0.5, 0.6) is 5.75 Å². The second-order valence-electron chi connectivity index (χ2n) is 8.16. The van der Waals surface area contributed by atoms with Crippen LogP contribution in [0, 0.1) is 0 Å². The Balaban J connectivity index is 1.44. The summed E-state index contributed by atoms with van der Waals surface area (Å²) in [5.74, 6) is 0.835. The second-order valence-corrected chi connectivity index (χ2v) is 8.60. The average molecular weight is 441 g/mol. The zero-order valence-electron chi connectivity index (χ0n) is 18.2. The fourth-order valence-corrected chi connectivity index (χ4v) is 4.62. The Kier molecular flexibility index (Phi) is 6.81. The van der Waals surface area contributed by atoms with Crippen molar-refractivity contribution in [1.82, 2.24) is 0 Å². The van der Waals surface area contributed by atoms with E-state index in [0.717, 1.165) is 54.3 Å². The van der Waals surface area contributed by atoms with Crippen molar-refractivity contribution in [2.24, 2.45) is 5.10 Å². The van der Waals surface area contributed by atoms with Gasteiger partial charge in [-0.3, -0.25) is 9.80 Å². The zero-order valence-corrected chi connectivity index (χ0v) is 19.0. The molecule has 0 amide bonds. The highest BCUT2D eigenvalue weighted by atomic mass is 35.5. The molecule has 31 heavy (non-hydrogen) atoms. The molecule has 1 atom stereocenters. The van der Waals surface area contributed by atoms with E-state index in [-0.39, 0.29) is 12.0 Å². The first-order chi connectivity index (χ1) is 15.0. The van der Waals surface area contributed by atoms with Crippen LogP contribution in [0.3, 0.4) is 0 Å². The SMILES string of the molecule is CCOC(=O)CCc1ccc(OCC2CC(C)=NN2c2ccc(Cl)cc2)c2c1CCC2. The van der Waals surface area contributed by atoms with E-state index in [1.165, 1.54) is 16.7 Å². The molecule has 1 aliphatic carbocycles. The van der Waals surface area contributed by atoms with Gasteiger partial charge in [-0.15, -0.1) is 0 Å². The van der Waals surface area contributed by atoms with E-state index in [9.17, 15) is 4.79 Å². The van der Waals surface area contributed by atoms with E-state index in [0.29, 0.717) is 19.6 Å². The Bertz CT molecular complexity index is 971. The molecular weight excluding hydrogens is 412 g/mol. The summed E-state index contributed by atoms with van der Waals surface area (Å²) in [5, 5.41) is 7.47. The lowest BCUT2D eigenvalue weighted by molar-refractivity contribution is -0.143. The molecule has 1 unspecified atom stereocenters. The van der Waals surface area contributed by atoms with E-state index in [4.69, 9.17) is 26.2 Å². The highest BCUT2D eigenvalue weighted by Crippen LogP contribution is 2.35. The van der Waals surface area contributed by atoms with Gasteiger partial charge in [-0.25, -0.2) is 0 Å². The van der Waals surface area contributed by atoms with Gasteiger partial charge in [0.2, 0.25) is 0 Å². The minimum absolute atomic E-state index is 0.131. The minimum Gasteiger partial charge on any atom is -0.491 e. The second kappa shape index (κ2) is 9.73. The van der Waals surface area contributed by atoms with E-state index in [1.54, 1.807) is 0 Å². The van der Waals surface area contributed by atoms with Crippen molar-refractivity contribution in [3.63, 3.8) is 0 Å². The molecule has 2 aliphatic rings. The van der Waals surface area contributed by atoms with Crippen molar-refractivity contribution in [3.8, 4) is 5.75 Å². The molecule has 2 aromatic carbocycles. The van der Waals surface area contributed by atoms with Gasteiger partial charge in [-0.05, 0) is 86.6 Å². The number of halogens is 1. The number of carbonyl (C=O) groups excluding carboxylic acids is 1. The van der Waals surface area contributed by atoms with Crippen LogP contribution in [0.15, 0.2) is 41.5 Å². The molecule has 0 spiro atoms. The summed E-state index contributed by atoms with van der Waals surface area (Å²) in [6.45, 7) is 4.89. The quantitative estimate of drug-likeness (QED) is 0.518. The normalized spacial score (nSPS) is 17.5. The molecule has 0 saturated carbocycles. The largest absolute Gasteiger partial charge is 0.491 e. The molecule has 0 bridgehead atoms. The van der Waals surface area contributed by atoms with Crippen LogP contribution in [0.25, 0.3) is 0 Å². The number of hydrogen-bond donors (Lipinski definition) is 0. The van der Waals surface area contributed by atoms with Crippen molar-refractivity contribution in [2.45, 2.75) is 58.4 Å². The fourth-order valence-electron chi connectivity index (χ4n) is 4.50. The first-order valence-electron chi connectivity index (χ1n) is 11.1. The Hall–Kier alpha value is -2.53. The third-order valence-corrected chi connectivity index (χ3v) is 6.17. The van der Waals surface area contributed by atoms with E-state index in [1.807, 2.05) is 36.2 Å². The number of carbonyl (C=O) groups is 1. The Morgan fingerprint density at radius 3 is 2.71 bits per heavy atom. The van der Waals surface area contributed by atoms with Gasteiger partial charge < -0.3 is 9.47 Å². The van der Waals surface area contributed by atoms with Gasteiger partial charge in [0.1, 0.15) is 12.4 Å². The van der Waals surface area contributed by atoms with Crippen molar-refractivity contribution in [2.75, 3.05) is 18.2 Å². The Labute approximate surface area is 189 Å². The molecule has 0 N–H and O–H groups in total. The average Bonchev–Trinajstić information content (AvgIpc) is 3.39. The van der Waals surface area contributed by atoms with Gasteiger partial charge in [0.15, 0.2) is 0 Å². The number of rotatable bonds is 8. The molecule has 0 fully saturated rings. The standard InChI is InChI=1S/C25H29ClN2O3/c1-3-30-25(29)14-8-18-7-13-24(23-6-4-5-22(18)23)31-16-21-15-17(2)27-28(21)20-11-9-19(26)10-12-20/h7,9-13,21H,3-6,8,14-16H2,1-2H3. The van der Waals surface area contributed by atoms with Crippen molar-refractivity contribution in [1.29, 1.82) is 0 Å². The minimum atomic E-state index is -0.131. The van der Waals surface area contributed by atoms with Gasteiger partial charge >= 0.3 is 5.97 Å². The first kappa shape index (κ1) is 21.7. The van der Waals surface area contributed by atoms with E-state index >= 15 is 0 Å². The maximum atomic E-state index is 11.8. The third-order valence-electron chi connectivity index (χ3n) is 5.92. The fraction of sp³-hybridized carbons (Fsp3) is 0.440. The Morgan fingerprint density at radius 1 is 1.16 bits per heavy atom. The van der Waals surface area contributed by atoms with Crippen LogP contribution in [-0.2, 0) is 28.8 Å². The summed E-state index contributed by atoms with van der Waals surface area (Å²) < 4.78 is 11.4. The maximum Gasteiger partial charge on any atom is 0.306 e. The van der Waals surface area contributed by atoms with Gasteiger partial charge in [-0.2, -0.15) is 5.10 Å². The van der Waals surface area contributed by atoms with Gasteiger partial charge in [-0.1, -0.05) is 17.7 Å². The van der Waals surface area contributed by atoms with E-state index < -0.39 is 0 Å². The summed E-state index contributed by atoms with van der Waals surface area (Å²) in [6, 6.07) is 12.1. The molecule has 1 aliphatic heterocycles. The number of esters is 1. The van der Waals surface area contributed by atoms with E-state index in [2.05, 4.69) is 19.1 Å². The van der Waals surface area contributed by atoms with Crippen molar-refractivity contribution in [3.05, 3.63) is 58.1 Å². The number of aryl methyl sites for hydroxylation is 1. The molecule has 164 valence electrons. The molecular formula is C25H29ClN2O3. The molecule has 6 heteroatoms. The number of hydrogen-bond acceptors (Lipinski definition) is 5. The highest BCUT2D eigenvalue weighted by molar-refractivity contribution is 6.30. The van der Waals surface area contributed by atoms with Crippen molar-refractivity contribution >= 4 is 29.0 Å². The summed E-state index contributed by atoms with van der Waals surface area (Å²) in [7, 11) is 0. The molecule has 0 aromatic heterocycles. The molecule has 5 nitrogen and oxygen atoms in total. The van der Waals surface area contributed by atoms with Crippen LogP contribution in [0.4, 0.5) is 5.69 Å². The highest BCUT2D eigenvalue weighted by Gasteiger charge is 2.27. The number of nitrogens with zero attached hydrogens (tertiary/aromatic N) is 2. The summed E-state index contributed by atoms with van der Waals surface area (Å²) >= 11 is 6.04. The van der Waals surface area contributed by atoms with Crippen molar-refractivity contribution < 1.29 is 14.3 Å². The number of ether oxygens (including phenoxy) is 2. The van der Waals surface area contributed by atoms with Crippen LogP contribution in [0.1, 0.15) is 49.8 Å². The molecule has 1 heterocycles. The number of fused-ring (bicyclic) bond motifs is 1. The number of hydrazone groups is 1. The van der Waals surface area contributed by atoms with Gasteiger partial charge in [0.25, 0.3) is 0 Å². The summed E-state index contributed by atoms with van der Waals surface area (Å²) in [6.07, 6.45) is 5.23. The lowest BCUT2D eigenvalue weighted by atomic mass is 9.98. The lowest BCUT2D eigenvalue weighted by Gasteiger charge is -2.24.